The van der Waals surface area contributed by atoms with Crippen LogP contribution in [0.5, 0.6) is 11.5 Å². The fraction of sp³-hybridized carbons (Fsp3) is 0.276. The molecule has 0 fully saturated rings. The second kappa shape index (κ2) is 12.6. The fourth-order valence-electron chi connectivity index (χ4n) is 4.04. The van der Waals surface area contributed by atoms with Gasteiger partial charge in [0.15, 0.2) is 6.73 Å². The summed E-state index contributed by atoms with van der Waals surface area (Å²) in [5.41, 5.74) is -0.638. The van der Waals surface area contributed by atoms with Crippen LogP contribution in [0.3, 0.4) is 0 Å². The summed E-state index contributed by atoms with van der Waals surface area (Å²) in [6.07, 6.45) is 1.30. The van der Waals surface area contributed by atoms with Gasteiger partial charge in [-0.1, -0.05) is 23.7 Å². The van der Waals surface area contributed by atoms with Crippen molar-refractivity contribution in [1.29, 1.82) is 5.26 Å². The molecule has 0 amide bonds. The number of rotatable bonds is 9. The molecular formula is C29H28ClFN5O6P. The van der Waals surface area contributed by atoms with Gasteiger partial charge in [-0.3, -0.25) is 23.2 Å². The fourth-order valence-corrected chi connectivity index (χ4v) is 5.63. The Morgan fingerprint density at radius 3 is 2.44 bits per heavy atom. The first-order chi connectivity index (χ1) is 20.1. The first-order valence-electron chi connectivity index (χ1n) is 12.9. The van der Waals surface area contributed by atoms with E-state index in [9.17, 15) is 23.8 Å². The first-order valence-corrected chi connectivity index (χ1v) is 15.3. The van der Waals surface area contributed by atoms with Gasteiger partial charge in [0.2, 0.25) is 5.75 Å². The summed E-state index contributed by atoms with van der Waals surface area (Å²) < 4.78 is 45.5. The van der Waals surface area contributed by atoms with E-state index in [1.807, 2.05) is 6.07 Å². The lowest BCUT2D eigenvalue weighted by molar-refractivity contribution is 0.0808. The molecule has 43 heavy (non-hydrogen) atoms. The smallest absolute Gasteiger partial charge is 0.329 e. The SMILES string of the molecule is Cc1ncn(Cc2cc(-c3ccc(F)cc3)c(=O)n(COP(C)(=O)OC(C)(C)C)n2)c(=O)c1Oc1cc(Cl)cc(C#N)c1. The number of nitriles is 1. The van der Waals surface area contributed by atoms with Gasteiger partial charge in [0.05, 0.1) is 47.1 Å². The van der Waals surface area contributed by atoms with Gasteiger partial charge < -0.3 is 9.26 Å². The maximum absolute atomic E-state index is 13.6. The van der Waals surface area contributed by atoms with Crippen LogP contribution in [-0.2, 0) is 26.9 Å². The summed E-state index contributed by atoms with van der Waals surface area (Å²) in [6, 6.07) is 13.1. The van der Waals surface area contributed by atoms with Crippen LogP contribution in [0.2, 0.25) is 5.02 Å². The zero-order valence-corrected chi connectivity index (χ0v) is 25.6. The second-order valence-electron chi connectivity index (χ2n) is 10.6. The molecule has 0 aliphatic carbocycles. The Morgan fingerprint density at radius 1 is 1.09 bits per heavy atom. The average Bonchev–Trinajstić information content (AvgIpc) is 2.91. The largest absolute Gasteiger partial charge is 0.450 e. The first kappa shape index (κ1) is 31.8. The average molecular weight is 628 g/mol. The monoisotopic (exact) mass is 627 g/mol. The molecule has 0 radical (unpaired) electrons. The van der Waals surface area contributed by atoms with Gasteiger partial charge in [0, 0.05) is 11.7 Å². The van der Waals surface area contributed by atoms with Crippen molar-refractivity contribution in [3.63, 3.8) is 0 Å². The molecule has 4 rings (SSSR count). The van der Waals surface area contributed by atoms with Crippen molar-refractivity contribution in [2.45, 2.75) is 46.6 Å². The minimum atomic E-state index is -3.60. The van der Waals surface area contributed by atoms with Gasteiger partial charge >= 0.3 is 7.60 Å². The number of nitrogens with zero attached hydrogens (tertiary/aromatic N) is 5. The van der Waals surface area contributed by atoms with Crippen molar-refractivity contribution in [2.24, 2.45) is 0 Å². The molecule has 0 N–H and O–H groups in total. The number of aryl methyl sites for hydroxylation is 1. The Morgan fingerprint density at radius 2 is 1.79 bits per heavy atom. The molecule has 1 atom stereocenters. The molecule has 2 aromatic carbocycles. The Balaban J connectivity index is 1.74. The van der Waals surface area contributed by atoms with Crippen molar-refractivity contribution in [3.05, 3.63) is 103 Å². The van der Waals surface area contributed by atoms with Gasteiger partial charge in [-0.05, 0) is 69.7 Å². The molecule has 0 saturated carbocycles. The molecule has 224 valence electrons. The lowest BCUT2D eigenvalue weighted by Gasteiger charge is -2.24. The van der Waals surface area contributed by atoms with Crippen LogP contribution in [0.4, 0.5) is 4.39 Å². The van der Waals surface area contributed by atoms with E-state index in [2.05, 4.69) is 10.1 Å². The van der Waals surface area contributed by atoms with Crippen LogP contribution in [0.25, 0.3) is 11.1 Å². The third-order valence-corrected chi connectivity index (χ3v) is 7.44. The van der Waals surface area contributed by atoms with E-state index in [-0.39, 0.29) is 45.6 Å². The highest BCUT2D eigenvalue weighted by atomic mass is 35.5. The summed E-state index contributed by atoms with van der Waals surface area (Å²) in [6.45, 7) is 7.34. The summed E-state index contributed by atoms with van der Waals surface area (Å²) in [5, 5.41) is 13.8. The van der Waals surface area contributed by atoms with Gasteiger partial charge in [-0.15, -0.1) is 0 Å². The molecule has 0 spiro atoms. The number of ether oxygens (including phenoxy) is 1. The lowest BCUT2D eigenvalue weighted by Crippen LogP contribution is -2.29. The van der Waals surface area contributed by atoms with Crippen molar-refractivity contribution in [1.82, 2.24) is 19.3 Å². The van der Waals surface area contributed by atoms with Crippen LogP contribution in [0.15, 0.2) is 64.4 Å². The molecule has 0 aliphatic heterocycles. The zero-order valence-electron chi connectivity index (χ0n) is 24.0. The number of hydrogen-bond donors (Lipinski definition) is 0. The van der Waals surface area contributed by atoms with E-state index < -0.39 is 36.9 Å². The Labute approximate surface area is 251 Å². The van der Waals surface area contributed by atoms with Crippen molar-refractivity contribution >= 4 is 19.2 Å². The molecule has 1 unspecified atom stereocenters. The lowest BCUT2D eigenvalue weighted by atomic mass is 10.1. The van der Waals surface area contributed by atoms with Crippen molar-refractivity contribution in [3.8, 4) is 28.7 Å². The highest BCUT2D eigenvalue weighted by Crippen LogP contribution is 2.47. The minimum Gasteiger partial charge on any atom is -0.450 e. The number of benzene rings is 2. The van der Waals surface area contributed by atoms with E-state index >= 15 is 0 Å². The third kappa shape index (κ3) is 8.24. The molecule has 2 aromatic heterocycles. The quantitative estimate of drug-likeness (QED) is 0.208. The van der Waals surface area contributed by atoms with Crippen LogP contribution in [-0.4, -0.2) is 31.6 Å². The predicted octanol–water partition coefficient (Wildman–Crippen LogP) is 5.89. The molecule has 0 saturated heterocycles. The highest BCUT2D eigenvalue weighted by molar-refractivity contribution is 7.53. The molecule has 2 heterocycles. The van der Waals surface area contributed by atoms with Gasteiger partial charge in [0.1, 0.15) is 11.6 Å². The summed E-state index contributed by atoms with van der Waals surface area (Å²) in [5.74, 6) is -0.414. The Hall–Kier alpha value is -4.14. The van der Waals surface area contributed by atoms with E-state index in [4.69, 9.17) is 25.4 Å². The summed E-state index contributed by atoms with van der Waals surface area (Å²) in [4.78, 5) is 31.1. The predicted molar refractivity (Wildman–Crippen MR) is 158 cm³/mol. The van der Waals surface area contributed by atoms with E-state index in [0.717, 1.165) is 4.68 Å². The molecule has 0 bridgehead atoms. The maximum Gasteiger partial charge on any atom is 0.329 e. The van der Waals surface area contributed by atoms with Gasteiger partial charge in [-0.2, -0.15) is 10.4 Å². The summed E-state index contributed by atoms with van der Waals surface area (Å²) >= 11 is 6.08. The van der Waals surface area contributed by atoms with E-state index in [1.165, 1.54) is 66.1 Å². The zero-order chi connectivity index (χ0) is 31.5. The number of halogens is 2. The second-order valence-corrected chi connectivity index (χ2v) is 13.0. The van der Waals surface area contributed by atoms with Crippen LogP contribution >= 0.6 is 19.2 Å². The number of hydrogen-bond acceptors (Lipinski definition) is 9. The number of aromatic nitrogens is 4. The highest BCUT2D eigenvalue weighted by Gasteiger charge is 2.26. The van der Waals surface area contributed by atoms with Crippen LogP contribution < -0.4 is 15.9 Å². The van der Waals surface area contributed by atoms with Crippen LogP contribution in [0.1, 0.15) is 37.7 Å². The maximum atomic E-state index is 13.6. The molecule has 14 heteroatoms. The molecular weight excluding hydrogens is 600 g/mol. The minimum absolute atomic E-state index is 0.102. The topological polar surface area (TPSA) is 138 Å². The standard InChI is InChI=1S/C29H28ClFN5O6P/c1-18-26(41-24-11-19(14-32)10-21(30)12-24)28(38)35(16-33-18)15-23-13-25(20-6-8-22(31)9-7-20)27(37)36(34-23)17-40-43(5,39)42-29(2,3)4/h6-13,16H,15,17H2,1-5H3. The molecule has 4 aromatic rings. The van der Waals surface area contributed by atoms with Gasteiger partial charge in [-0.25, -0.2) is 14.1 Å². The van der Waals surface area contributed by atoms with Crippen LogP contribution in [0, 0.1) is 24.1 Å². The van der Waals surface area contributed by atoms with Crippen molar-refractivity contribution in [2.75, 3.05) is 6.66 Å². The van der Waals surface area contributed by atoms with E-state index in [0.29, 0.717) is 5.56 Å². The molecule has 0 aliphatic rings. The van der Waals surface area contributed by atoms with Crippen molar-refractivity contribution < 1.29 is 22.7 Å². The Bertz CT molecular complexity index is 1880. The summed E-state index contributed by atoms with van der Waals surface area (Å²) in [7, 11) is -3.60. The normalized spacial score (nSPS) is 12.9. The van der Waals surface area contributed by atoms with E-state index in [1.54, 1.807) is 27.7 Å². The Kier molecular flexibility index (Phi) is 9.32. The van der Waals surface area contributed by atoms with Gasteiger partial charge in [0.25, 0.3) is 11.1 Å². The third-order valence-electron chi connectivity index (χ3n) is 5.76. The molecule has 11 nitrogen and oxygen atoms in total.